The van der Waals surface area contributed by atoms with Crippen molar-refractivity contribution < 1.29 is 0 Å². The summed E-state index contributed by atoms with van der Waals surface area (Å²) in [5, 5.41) is 0. The lowest BCUT2D eigenvalue weighted by Gasteiger charge is -2.18. The molecule has 2 heterocycles. The Morgan fingerprint density at radius 3 is 2.75 bits per heavy atom. The Labute approximate surface area is 72.5 Å². The Bertz CT molecular complexity index is 279. The van der Waals surface area contributed by atoms with Gasteiger partial charge < -0.3 is 0 Å². The van der Waals surface area contributed by atoms with Gasteiger partial charge in [-0.1, -0.05) is 12.2 Å². The van der Waals surface area contributed by atoms with Crippen LogP contribution in [0, 0.1) is 0 Å². The van der Waals surface area contributed by atoms with Gasteiger partial charge in [0.05, 0.1) is 6.04 Å². The molecule has 0 spiro atoms. The summed E-state index contributed by atoms with van der Waals surface area (Å²) in [5.41, 5.74) is 1.32. The average Bonchev–Trinajstić information content (AvgIpc) is 2.53. The monoisotopic (exact) mass is 160 g/mol. The average molecular weight is 160 g/mol. The molecule has 2 heteroatoms. The van der Waals surface area contributed by atoms with Crippen molar-refractivity contribution in [3.63, 3.8) is 0 Å². The fourth-order valence-electron chi connectivity index (χ4n) is 1.54. The molecule has 0 radical (unpaired) electrons. The van der Waals surface area contributed by atoms with Gasteiger partial charge in [0.25, 0.3) is 0 Å². The van der Waals surface area contributed by atoms with Crippen molar-refractivity contribution in [3.05, 3.63) is 42.2 Å². The quantitative estimate of drug-likeness (QED) is 0.580. The number of rotatable bonds is 1. The lowest BCUT2D eigenvalue weighted by molar-refractivity contribution is 0.340. The van der Waals surface area contributed by atoms with Crippen LogP contribution < -0.4 is 0 Å². The Morgan fingerprint density at radius 2 is 2.17 bits per heavy atom. The third-order valence-electron chi connectivity index (χ3n) is 2.23. The SMILES string of the molecule is CN1CC=CC1c1ccncc1. The third kappa shape index (κ3) is 1.25. The lowest BCUT2D eigenvalue weighted by atomic mass is 10.1. The number of hydrogen-bond donors (Lipinski definition) is 0. The molecule has 1 atom stereocenters. The standard InChI is InChI=1S/C10H12N2/c1-12-8-2-3-10(12)9-4-6-11-7-5-9/h2-7,10H,8H2,1H3. The molecule has 0 amide bonds. The number of pyridine rings is 1. The van der Waals surface area contributed by atoms with Crippen molar-refractivity contribution in [1.29, 1.82) is 0 Å². The van der Waals surface area contributed by atoms with Crippen LogP contribution >= 0.6 is 0 Å². The van der Waals surface area contributed by atoms with Crippen molar-refractivity contribution >= 4 is 0 Å². The van der Waals surface area contributed by atoms with E-state index in [0.29, 0.717) is 6.04 Å². The Hall–Kier alpha value is -1.15. The van der Waals surface area contributed by atoms with Crippen molar-refractivity contribution in [2.24, 2.45) is 0 Å². The maximum Gasteiger partial charge on any atom is 0.0533 e. The highest BCUT2D eigenvalue weighted by atomic mass is 15.1. The van der Waals surface area contributed by atoms with Gasteiger partial charge in [0.1, 0.15) is 0 Å². The first-order valence-electron chi connectivity index (χ1n) is 4.15. The van der Waals surface area contributed by atoms with E-state index in [0.717, 1.165) is 6.54 Å². The van der Waals surface area contributed by atoms with E-state index in [-0.39, 0.29) is 0 Å². The molecule has 0 N–H and O–H groups in total. The summed E-state index contributed by atoms with van der Waals surface area (Å²) >= 11 is 0. The van der Waals surface area contributed by atoms with Crippen LogP contribution in [0.2, 0.25) is 0 Å². The highest BCUT2D eigenvalue weighted by Crippen LogP contribution is 2.23. The van der Waals surface area contributed by atoms with Crippen LogP contribution in [0.15, 0.2) is 36.7 Å². The molecule has 1 aliphatic rings. The Balaban J connectivity index is 2.25. The second-order valence-electron chi connectivity index (χ2n) is 3.09. The largest absolute Gasteiger partial charge is 0.292 e. The number of nitrogens with zero attached hydrogens (tertiary/aromatic N) is 2. The predicted molar refractivity (Wildman–Crippen MR) is 48.7 cm³/mol. The number of likely N-dealkylation sites (N-methyl/N-ethyl adjacent to an activating group) is 1. The van der Waals surface area contributed by atoms with Crippen molar-refractivity contribution in [2.45, 2.75) is 6.04 Å². The van der Waals surface area contributed by atoms with Gasteiger partial charge >= 0.3 is 0 Å². The van der Waals surface area contributed by atoms with Crippen LogP contribution in [0.25, 0.3) is 0 Å². The van der Waals surface area contributed by atoms with Crippen LogP contribution in [-0.2, 0) is 0 Å². The maximum atomic E-state index is 4.00. The van der Waals surface area contributed by atoms with Crippen LogP contribution in [0.1, 0.15) is 11.6 Å². The normalized spacial score (nSPS) is 23.2. The molecular weight excluding hydrogens is 148 g/mol. The van der Waals surface area contributed by atoms with E-state index in [1.807, 2.05) is 12.4 Å². The molecule has 0 aromatic carbocycles. The first-order chi connectivity index (χ1) is 5.88. The summed E-state index contributed by atoms with van der Waals surface area (Å²) in [6, 6.07) is 4.58. The van der Waals surface area contributed by atoms with Gasteiger partial charge in [0, 0.05) is 18.9 Å². The first kappa shape index (κ1) is 7.50. The number of hydrogen-bond acceptors (Lipinski definition) is 2. The summed E-state index contributed by atoms with van der Waals surface area (Å²) in [4.78, 5) is 6.30. The molecule has 0 saturated carbocycles. The summed E-state index contributed by atoms with van der Waals surface area (Å²) in [6.45, 7) is 1.05. The minimum Gasteiger partial charge on any atom is -0.292 e. The topological polar surface area (TPSA) is 16.1 Å². The molecule has 1 aromatic rings. The molecular formula is C10H12N2. The van der Waals surface area contributed by atoms with Gasteiger partial charge in [-0.2, -0.15) is 0 Å². The molecule has 0 fully saturated rings. The van der Waals surface area contributed by atoms with Crippen LogP contribution in [0.5, 0.6) is 0 Å². The maximum absolute atomic E-state index is 4.00. The minimum absolute atomic E-state index is 0.452. The zero-order valence-corrected chi connectivity index (χ0v) is 7.14. The highest BCUT2D eigenvalue weighted by Gasteiger charge is 2.16. The van der Waals surface area contributed by atoms with Crippen molar-refractivity contribution in [1.82, 2.24) is 9.88 Å². The molecule has 0 aliphatic carbocycles. The van der Waals surface area contributed by atoms with Gasteiger partial charge in [-0.25, -0.2) is 0 Å². The molecule has 1 aromatic heterocycles. The molecule has 2 rings (SSSR count). The van der Waals surface area contributed by atoms with Gasteiger partial charge in [-0.3, -0.25) is 9.88 Å². The zero-order valence-electron chi connectivity index (χ0n) is 7.14. The smallest absolute Gasteiger partial charge is 0.0533 e. The van der Waals surface area contributed by atoms with Crippen molar-refractivity contribution in [3.8, 4) is 0 Å². The molecule has 1 unspecified atom stereocenters. The summed E-state index contributed by atoms with van der Waals surface area (Å²) in [7, 11) is 2.13. The van der Waals surface area contributed by atoms with E-state index >= 15 is 0 Å². The molecule has 0 saturated heterocycles. The molecule has 62 valence electrons. The molecule has 0 bridgehead atoms. The van der Waals surface area contributed by atoms with Gasteiger partial charge in [0.15, 0.2) is 0 Å². The van der Waals surface area contributed by atoms with Crippen LogP contribution in [0.4, 0.5) is 0 Å². The fourth-order valence-corrected chi connectivity index (χ4v) is 1.54. The lowest BCUT2D eigenvalue weighted by Crippen LogP contribution is -2.18. The van der Waals surface area contributed by atoms with Crippen molar-refractivity contribution in [2.75, 3.05) is 13.6 Å². The minimum atomic E-state index is 0.452. The van der Waals surface area contributed by atoms with Crippen LogP contribution in [0.3, 0.4) is 0 Å². The molecule has 2 nitrogen and oxygen atoms in total. The molecule has 1 aliphatic heterocycles. The third-order valence-corrected chi connectivity index (χ3v) is 2.23. The second-order valence-corrected chi connectivity index (χ2v) is 3.09. The van der Waals surface area contributed by atoms with Gasteiger partial charge in [0.2, 0.25) is 0 Å². The summed E-state index contributed by atoms with van der Waals surface area (Å²) in [6.07, 6.45) is 8.12. The van der Waals surface area contributed by atoms with E-state index in [2.05, 4.69) is 41.2 Å². The predicted octanol–water partition coefficient (Wildman–Crippen LogP) is 1.62. The zero-order chi connectivity index (χ0) is 8.39. The number of aromatic nitrogens is 1. The van der Waals surface area contributed by atoms with E-state index < -0.39 is 0 Å². The van der Waals surface area contributed by atoms with E-state index in [9.17, 15) is 0 Å². The van der Waals surface area contributed by atoms with E-state index in [4.69, 9.17) is 0 Å². The van der Waals surface area contributed by atoms with Gasteiger partial charge in [-0.15, -0.1) is 0 Å². The van der Waals surface area contributed by atoms with E-state index in [1.165, 1.54) is 5.56 Å². The van der Waals surface area contributed by atoms with Crippen LogP contribution in [-0.4, -0.2) is 23.5 Å². The van der Waals surface area contributed by atoms with Gasteiger partial charge in [-0.05, 0) is 24.7 Å². The Kier molecular flexibility index (Phi) is 1.92. The summed E-state index contributed by atoms with van der Waals surface area (Å²) < 4.78 is 0. The highest BCUT2D eigenvalue weighted by molar-refractivity contribution is 5.23. The molecule has 12 heavy (non-hydrogen) atoms. The summed E-state index contributed by atoms with van der Waals surface area (Å²) in [5.74, 6) is 0. The van der Waals surface area contributed by atoms with E-state index in [1.54, 1.807) is 0 Å². The second kappa shape index (κ2) is 3.07. The Morgan fingerprint density at radius 1 is 1.42 bits per heavy atom. The fraction of sp³-hybridized carbons (Fsp3) is 0.300. The first-order valence-corrected chi connectivity index (χ1v) is 4.15.